The van der Waals surface area contributed by atoms with Crippen molar-refractivity contribution in [1.29, 1.82) is 0 Å². The molecule has 0 saturated heterocycles. The fourth-order valence-corrected chi connectivity index (χ4v) is 3.35. The van der Waals surface area contributed by atoms with Gasteiger partial charge in [-0.05, 0) is 55.7 Å². The minimum Gasteiger partial charge on any atom is -0.493 e. The summed E-state index contributed by atoms with van der Waals surface area (Å²) in [4.78, 5) is 4.79. The van der Waals surface area contributed by atoms with Gasteiger partial charge in [0.15, 0.2) is 23.0 Å². The molecule has 0 fully saturated rings. The van der Waals surface area contributed by atoms with E-state index >= 15 is 0 Å². The van der Waals surface area contributed by atoms with E-state index in [0.717, 1.165) is 59.2 Å². The molecule has 5 heteroatoms. The van der Waals surface area contributed by atoms with E-state index in [4.69, 9.17) is 23.9 Å². The average molecular weight is 369 g/mol. The van der Waals surface area contributed by atoms with Crippen LogP contribution in [0.1, 0.15) is 30.5 Å². The molecule has 0 radical (unpaired) electrons. The number of nitrogens with zero attached hydrogens (tertiary/aromatic N) is 1. The Morgan fingerprint density at radius 3 is 2.22 bits per heavy atom. The summed E-state index contributed by atoms with van der Waals surface area (Å²) >= 11 is 0. The molecule has 5 nitrogen and oxygen atoms in total. The number of aliphatic imine (C=N–C) groups is 1. The fraction of sp³-hybridized carbons (Fsp3) is 0.409. The Balaban J connectivity index is 1.93. The van der Waals surface area contributed by atoms with E-state index in [2.05, 4.69) is 18.2 Å². The van der Waals surface area contributed by atoms with E-state index in [1.165, 1.54) is 5.56 Å². The van der Waals surface area contributed by atoms with Crippen LogP contribution in [-0.2, 0) is 12.8 Å². The van der Waals surface area contributed by atoms with Crippen LogP contribution >= 0.6 is 0 Å². The summed E-state index contributed by atoms with van der Waals surface area (Å²) in [5.41, 5.74) is 4.59. The van der Waals surface area contributed by atoms with Gasteiger partial charge in [-0.25, -0.2) is 0 Å². The number of fused-ring (bicyclic) bond motifs is 1. The Hall–Kier alpha value is -2.69. The molecule has 0 amide bonds. The lowest BCUT2D eigenvalue weighted by atomic mass is 9.93. The molecule has 2 aromatic carbocycles. The Morgan fingerprint density at radius 2 is 1.56 bits per heavy atom. The molecule has 1 heterocycles. The summed E-state index contributed by atoms with van der Waals surface area (Å²) < 4.78 is 22.3. The Morgan fingerprint density at radius 1 is 0.852 bits per heavy atom. The third-order valence-electron chi connectivity index (χ3n) is 4.58. The quantitative estimate of drug-likeness (QED) is 0.703. The molecule has 1 aliphatic rings. The van der Waals surface area contributed by atoms with Gasteiger partial charge in [0.1, 0.15) is 0 Å². The molecule has 0 spiro atoms. The van der Waals surface area contributed by atoms with E-state index in [0.29, 0.717) is 13.2 Å². The predicted octanol–water partition coefficient (Wildman–Crippen LogP) is 4.09. The Kier molecular flexibility index (Phi) is 6.22. The summed E-state index contributed by atoms with van der Waals surface area (Å²) in [7, 11) is 3.29. The summed E-state index contributed by atoms with van der Waals surface area (Å²) in [6, 6.07) is 10.2. The molecule has 1 aliphatic heterocycles. The second kappa shape index (κ2) is 8.80. The lowest BCUT2D eigenvalue weighted by Gasteiger charge is -2.21. The second-order valence-electron chi connectivity index (χ2n) is 6.27. The first-order valence-electron chi connectivity index (χ1n) is 9.37. The standard InChI is InChI=1S/C22H27NO4/c1-5-26-21-13-16-9-10-23-18(17(16)14-22(21)27-6-2)11-15-7-8-19(24-3)20(12-15)25-4/h7-8,12-14H,5-6,9-11H2,1-4H3. The molecule has 0 bridgehead atoms. The number of hydrogen-bond donors (Lipinski definition) is 0. The van der Waals surface area contributed by atoms with Gasteiger partial charge in [0.05, 0.1) is 27.4 Å². The molecule has 0 unspecified atom stereocenters. The van der Waals surface area contributed by atoms with Crippen LogP contribution < -0.4 is 18.9 Å². The van der Waals surface area contributed by atoms with Crippen molar-refractivity contribution < 1.29 is 18.9 Å². The molecule has 2 aromatic rings. The third kappa shape index (κ3) is 4.18. The van der Waals surface area contributed by atoms with Gasteiger partial charge in [-0.15, -0.1) is 0 Å². The summed E-state index contributed by atoms with van der Waals surface area (Å²) in [6.45, 7) is 5.97. The molecule has 0 aromatic heterocycles. The molecule has 3 rings (SSSR count). The van der Waals surface area contributed by atoms with E-state index in [-0.39, 0.29) is 0 Å². The van der Waals surface area contributed by atoms with Crippen LogP contribution in [0.4, 0.5) is 0 Å². The van der Waals surface area contributed by atoms with Crippen LogP contribution in [0.25, 0.3) is 0 Å². The zero-order valence-electron chi connectivity index (χ0n) is 16.5. The highest BCUT2D eigenvalue weighted by atomic mass is 16.5. The number of hydrogen-bond acceptors (Lipinski definition) is 5. The summed E-state index contributed by atoms with van der Waals surface area (Å²) in [5, 5.41) is 0. The van der Waals surface area contributed by atoms with Gasteiger partial charge in [0.2, 0.25) is 0 Å². The maximum Gasteiger partial charge on any atom is 0.161 e. The summed E-state index contributed by atoms with van der Waals surface area (Å²) in [5.74, 6) is 3.05. The van der Waals surface area contributed by atoms with E-state index in [1.54, 1.807) is 14.2 Å². The van der Waals surface area contributed by atoms with Crippen LogP contribution in [-0.4, -0.2) is 39.7 Å². The number of methoxy groups -OCH3 is 2. The topological polar surface area (TPSA) is 49.3 Å². The largest absolute Gasteiger partial charge is 0.493 e. The Bertz CT molecular complexity index is 829. The number of benzene rings is 2. The van der Waals surface area contributed by atoms with E-state index in [9.17, 15) is 0 Å². The number of ether oxygens (including phenoxy) is 4. The second-order valence-corrected chi connectivity index (χ2v) is 6.27. The number of rotatable bonds is 8. The van der Waals surface area contributed by atoms with Crippen LogP contribution in [0.5, 0.6) is 23.0 Å². The van der Waals surface area contributed by atoms with Crippen molar-refractivity contribution >= 4 is 5.71 Å². The van der Waals surface area contributed by atoms with Gasteiger partial charge < -0.3 is 18.9 Å². The first-order chi connectivity index (χ1) is 13.2. The molecule has 0 aliphatic carbocycles. The monoisotopic (exact) mass is 369 g/mol. The van der Waals surface area contributed by atoms with Crippen molar-refractivity contribution in [2.45, 2.75) is 26.7 Å². The van der Waals surface area contributed by atoms with Crippen molar-refractivity contribution in [3.05, 3.63) is 47.0 Å². The van der Waals surface area contributed by atoms with Crippen LogP contribution in [0.3, 0.4) is 0 Å². The molecule has 0 saturated carbocycles. The zero-order chi connectivity index (χ0) is 19.2. The predicted molar refractivity (Wildman–Crippen MR) is 107 cm³/mol. The van der Waals surface area contributed by atoms with Crippen molar-refractivity contribution in [3.63, 3.8) is 0 Å². The van der Waals surface area contributed by atoms with Crippen molar-refractivity contribution in [2.75, 3.05) is 34.0 Å². The van der Waals surface area contributed by atoms with Gasteiger partial charge in [-0.2, -0.15) is 0 Å². The zero-order valence-corrected chi connectivity index (χ0v) is 16.5. The van der Waals surface area contributed by atoms with Crippen molar-refractivity contribution in [2.24, 2.45) is 4.99 Å². The molecule has 0 atom stereocenters. The highest BCUT2D eigenvalue weighted by molar-refractivity contribution is 6.04. The van der Waals surface area contributed by atoms with Crippen LogP contribution in [0.2, 0.25) is 0 Å². The first-order valence-corrected chi connectivity index (χ1v) is 9.37. The van der Waals surface area contributed by atoms with Crippen molar-refractivity contribution in [1.82, 2.24) is 0 Å². The van der Waals surface area contributed by atoms with Crippen molar-refractivity contribution in [3.8, 4) is 23.0 Å². The molecule has 27 heavy (non-hydrogen) atoms. The van der Waals surface area contributed by atoms with Gasteiger partial charge in [0, 0.05) is 24.2 Å². The molecular weight excluding hydrogens is 342 g/mol. The molecule has 0 N–H and O–H groups in total. The van der Waals surface area contributed by atoms with Gasteiger partial charge in [-0.1, -0.05) is 6.07 Å². The highest BCUT2D eigenvalue weighted by Gasteiger charge is 2.19. The van der Waals surface area contributed by atoms with E-state index in [1.807, 2.05) is 26.0 Å². The van der Waals surface area contributed by atoms with E-state index < -0.39 is 0 Å². The Labute approximate surface area is 160 Å². The van der Waals surface area contributed by atoms with Gasteiger partial charge >= 0.3 is 0 Å². The third-order valence-corrected chi connectivity index (χ3v) is 4.58. The lowest BCUT2D eigenvalue weighted by molar-refractivity contribution is 0.287. The fourth-order valence-electron chi connectivity index (χ4n) is 3.35. The van der Waals surface area contributed by atoms with Gasteiger partial charge in [-0.3, -0.25) is 4.99 Å². The smallest absolute Gasteiger partial charge is 0.161 e. The average Bonchev–Trinajstić information content (AvgIpc) is 2.69. The summed E-state index contributed by atoms with van der Waals surface area (Å²) in [6.07, 6.45) is 1.64. The first kappa shape index (κ1) is 19.1. The minimum atomic E-state index is 0.598. The highest BCUT2D eigenvalue weighted by Crippen LogP contribution is 2.34. The van der Waals surface area contributed by atoms with Crippen LogP contribution in [0.15, 0.2) is 35.3 Å². The normalized spacial score (nSPS) is 12.8. The molecular formula is C22H27NO4. The maximum atomic E-state index is 5.80. The van der Waals surface area contributed by atoms with Crippen LogP contribution in [0, 0.1) is 0 Å². The van der Waals surface area contributed by atoms with Gasteiger partial charge in [0.25, 0.3) is 0 Å². The lowest BCUT2D eigenvalue weighted by Crippen LogP contribution is -2.16. The minimum absolute atomic E-state index is 0.598. The maximum absolute atomic E-state index is 5.80. The molecule has 144 valence electrons. The SMILES string of the molecule is CCOc1cc2c(cc1OCC)C(Cc1ccc(OC)c(OC)c1)=NCC2.